The van der Waals surface area contributed by atoms with Gasteiger partial charge in [-0.1, -0.05) is 6.42 Å². The van der Waals surface area contributed by atoms with Crippen LogP contribution in [0.25, 0.3) is 0 Å². The molecule has 0 spiro atoms. The summed E-state index contributed by atoms with van der Waals surface area (Å²) in [5, 5.41) is 1.69. The average Bonchev–Trinajstić information content (AvgIpc) is 2.19. The number of hydrogen-bond donors (Lipinski definition) is 0. The van der Waals surface area contributed by atoms with E-state index in [4.69, 9.17) is 13.7 Å². The van der Waals surface area contributed by atoms with Crippen molar-refractivity contribution in [2.24, 2.45) is 0 Å². The minimum Gasteiger partial charge on any atom is -0.286 e. The molecule has 0 N–H and O–H groups in total. The largest absolute Gasteiger partial charge is 0.491 e. The van der Waals surface area contributed by atoms with Crippen molar-refractivity contribution < 1.29 is 18.2 Å². The van der Waals surface area contributed by atoms with Gasteiger partial charge in [-0.2, -0.15) is 9.69 Å². The number of hydroxylamine groups is 2. The molecule has 0 bridgehead atoms. The molecule has 0 saturated carbocycles. The highest BCUT2D eigenvalue weighted by Gasteiger charge is 2.29. The van der Waals surface area contributed by atoms with Crippen molar-refractivity contribution in [3.05, 3.63) is 0 Å². The predicted molar refractivity (Wildman–Crippen MR) is 57.4 cm³/mol. The Labute approximate surface area is 91.3 Å². The number of phosphoric ester groups is 1. The van der Waals surface area contributed by atoms with E-state index < -0.39 is 7.82 Å². The molecule has 90 valence electrons. The molecule has 1 rings (SSSR count). The minimum absolute atomic E-state index is 0.325. The molecule has 0 aromatic rings. The highest BCUT2D eigenvalue weighted by atomic mass is 31.2. The topological polar surface area (TPSA) is 48.0 Å². The van der Waals surface area contributed by atoms with Crippen LogP contribution in [-0.4, -0.2) is 31.4 Å². The summed E-state index contributed by atoms with van der Waals surface area (Å²) in [5.74, 6) is 0. The summed E-state index contributed by atoms with van der Waals surface area (Å²) >= 11 is 0. The van der Waals surface area contributed by atoms with Crippen LogP contribution in [0.1, 0.15) is 33.1 Å². The molecule has 0 aliphatic carbocycles. The Morgan fingerprint density at radius 3 is 2.07 bits per heavy atom. The normalized spacial score (nSPS) is 19.3. The van der Waals surface area contributed by atoms with Gasteiger partial charge in [0.25, 0.3) is 0 Å². The van der Waals surface area contributed by atoms with E-state index in [-0.39, 0.29) is 0 Å². The molecule has 6 heteroatoms. The van der Waals surface area contributed by atoms with E-state index in [0.29, 0.717) is 13.2 Å². The average molecular weight is 237 g/mol. The van der Waals surface area contributed by atoms with Gasteiger partial charge in [0.1, 0.15) is 0 Å². The third-order valence-corrected chi connectivity index (χ3v) is 3.68. The van der Waals surface area contributed by atoms with Gasteiger partial charge < -0.3 is 0 Å². The Kier molecular flexibility index (Phi) is 5.79. The summed E-state index contributed by atoms with van der Waals surface area (Å²) in [7, 11) is -3.36. The lowest BCUT2D eigenvalue weighted by Crippen LogP contribution is -2.29. The first-order chi connectivity index (χ1) is 7.20. The second-order valence-electron chi connectivity index (χ2n) is 3.35. The molecule has 5 nitrogen and oxygen atoms in total. The SMILES string of the molecule is CCOP(=O)(OCC)ON1CCCCC1. The van der Waals surface area contributed by atoms with Gasteiger partial charge in [-0.3, -0.25) is 9.05 Å². The van der Waals surface area contributed by atoms with Crippen molar-refractivity contribution in [3.8, 4) is 0 Å². The third-order valence-electron chi connectivity index (χ3n) is 2.10. The van der Waals surface area contributed by atoms with E-state index in [2.05, 4.69) is 0 Å². The summed E-state index contributed by atoms with van der Waals surface area (Å²) < 4.78 is 27.4. The molecule has 0 atom stereocenters. The molecular weight excluding hydrogens is 217 g/mol. The second kappa shape index (κ2) is 6.61. The fourth-order valence-electron chi connectivity index (χ4n) is 1.49. The summed E-state index contributed by atoms with van der Waals surface area (Å²) in [4.78, 5) is 0. The van der Waals surface area contributed by atoms with Crippen molar-refractivity contribution in [2.75, 3.05) is 26.3 Å². The van der Waals surface area contributed by atoms with Gasteiger partial charge >= 0.3 is 7.82 Å². The van der Waals surface area contributed by atoms with Gasteiger partial charge in [-0.25, -0.2) is 4.57 Å². The van der Waals surface area contributed by atoms with Crippen molar-refractivity contribution >= 4 is 7.82 Å². The Hall–Kier alpha value is 0.0700. The first-order valence-corrected chi connectivity index (χ1v) is 7.00. The number of phosphoric acid groups is 1. The van der Waals surface area contributed by atoms with Crippen LogP contribution < -0.4 is 0 Å². The molecule has 1 heterocycles. The van der Waals surface area contributed by atoms with E-state index >= 15 is 0 Å². The van der Waals surface area contributed by atoms with E-state index in [0.717, 1.165) is 25.9 Å². The molecule has 0 aromatic heterocycles. The summed E-state index contributed by atoms with van der Waals surface area (Å²) in [6.45, 7) is 5.78. The summed E-state index contributed by atoms with van der Waals surface area (Å²) in [6.07, 6.45) is 3.34. The van der Waals surface area contributed by atoms with Crippen molar-refractivity contribution in [1.29, 1.82) is 0 Å². The van der Waals surface area contributed by atoms with Gasteiger partial charge in [-0.15, -0.1) is 0 Å². The maximum absolute atomic E-state index is 12.0. The van der Waals surface area contributed by atoms with Gasteiger partial charge in [0.2, 0.25) is 0 Å². The standard InChI is InChI=1S/C9H20NO4P/c1-3-12-15(11,13-4-2)14-10-8-6-5-7-9-10/h3-9H2,1-2H3. The zero-order valence-corrected chi connectivity index (χ0v) is 10.4. The lowest BCUT2D eigenvalue weighted by Gasteiger charge is -2.28. The van der Waals surface area contributed by atoms with Crippen LogP contribution in [-0.2, 0) is 18.2 Å². The van der Waals surface area contributed by atoms with Crippen LogP contribution in [0.4, 0.5) is 0 Å². The molecule has 0 unspecified atom stereocenters. The molecule has 15 heavy (non-hydrogen) atoms. The van der Waals surface area contributed by atoms with Crippen LogP contribution in [0.5, 0.6) is 0 Å². The number of rotatable bonds is 6. The van der Waals surface area contributed by atoms with Crippen LogP contribution in [0, 0.1) is 0 Å². The highest BCUT2D eigenvalue weighted by molar-refractivity contribution is 7.48. The number of hydrogen-bond acceptors (Lipinski definition) is 5. The maximum atomic E-state index is 12.0. The molecular formula is C9H20NO4P. The highest BCUT2D eigenvalue weighted by Crippen LogP contribution is 2.50. The van der Waals surface area contributed by atoms with E-state index in [1.54, 1.807) is 18.9 Å². The zero-order chi connectivity index (χ0) is 11.1. The Morgan fingerprint density at radius 2 is 1.60 bits per heavy atom. The molecule has 1 aliphatic heterocycles. The fourth-order valence-corrected chi connectivity index (χ4v) is 2.74. The molecule has 0 aromatic carbocycles. The van der Waals surface area contributed by atoms with Gasteiger partial charge in [0.05, 0.1) is 13.2 Å². The van der Waals surface area contributed by atoms with Crippen molar-refractivity contribution in [2.45, 2.75) is 33.1 Å². The zero-order valence-electron chi connectivity index (χ0n) is 9.48. The maximum Gasteiger partial charge on any atom is 0.491 e. The third kappa shape index (κ3) is 4.62. The van der Waals surface area contributed by atoms with Crippen LogP contribution >= 0.6 is 7.82 Å². The van der Waals surface area contributed by atoms with Gasteiger partial charge in [0.15, 0.2) is 0 Å². The Balaban J connectivity index is 2.45. The molecule has 0 amide bonds. The number of piperidine rings is 1. The first kappa shape index (κ1) is 13.1. The molecule has 1 aliphatic rings. The Bertz CT molecular complexity index is 208. The van der Waals surface area contributed by atoms with Crippen LogP contribution in [0.2, 0.25) is 0 Å². The first-order valence-electron chi connectivity index (χ1n) is 5.54. The predicted octanol–water partition coefficient (Wildman–Crippen LogP) is 2.59. The number of nitrogens with zero attached hydrogens (tertiary/aromatic N) is 1. The van der Waals surface area contributed by atoms with Gasteiger partial charge in [0, 0.05) is 13.1 Å². The van der Waals surface area contributed by atoms with E-state index in [1.807, 2.05) is 0 Å². The second-order valence-corrected chi connectivity index (χ2v) is 4.93. The van der Waals surface area contributed by atoms with Crippen molar-refractivity contribution in [1.82, 2.24) is 5.06 Å². The molecule has 0 radical (unpaired) electrons. The lowest BCUT2D eigenvalue weighted by molar-refractivity contribution is -0.102. The molecule has 1 saturated heterocycles. The Morgan fingerprint density at radius 1 is 1.07 bits per heavy atom. The fraction of sp³-hybridized carbons (Fsp3) is 1.00. The quantitative estimate of drug-likeness (QED) is 0.664. The smallest absolute Gasteiger partial charge is 0.286 e. The van der Waals surface area contributed by atoms with Gasteiger partial charge in [-0.05, 0) is 26.7 Å². The van der Waals surface area contributed by atoms with Crippen LogP contribution in [0.3, 0.4) is 0 Å². The van der Waals surface area contributed by atoms with E-state index in [9.17, 15) is 4.57 Å². The lowest BCUT2D eigenvalue weighted by atomic mass is 10.2. The van der Waals surface area contributed by atoms with Crippen molar-refractivity contribution in [3.63, 3.8) is 0 Å². The van der Waals surface area contributed by atoms with Crippen LogP contribution in [0.15, 0.2) is 0 Å². The summed E-state index contributed by atoms with van der Waals surface area (Å²) in [6, 6.07) is 0. The summed E-state index contributed by atoms with van der Waals surface area (Å²) in [5.41, 5.74) is 0. The molecule has 1 fully saturated rings. The minimum atomic E-state index is -3.36. The monoisotopic (exact) mass is 237 g/mol. The van der Waals surface area contributed by atoms with E-state index in [1.165, 1.54) is 6.42 Å².